The minimum absolute atomic E-state index is 0.203. The third kappa shape index (κ3) is 6.12. The van der Waals surface area contributed by atoms with E-state index < -0.39 is 11.3 Å². The van der Waals surface area contributed by atoms with Crippen molar-refractivity contribution in [3.8, 4) is 28.8 Å². The smallest absolute Gasteiger partial charge is 0.147 e. The summed E-state index contributed by atoms with van der Waals surface area (Å²) in [4.78, 5) is 0. The Morgan fingerprint density at radius 1 is 1.03 bits per heavy atom. The minimum atomic E-state index is -2.41. The van der Waals surface area contributed by atoms with Crippen molar-refractivity contribution in [1.82, 2.24) is 5.16 Å². The van der Waals surface area contributed by atoms with Crippen molar-refractivity contribution in [2.24, 2.45) is 0 Å². The zero-order valence-electron chi connectivity index (χ0n) is 19.1. The van der Waals surface area contributed by atoms with E-state index in [1.165, 1.54) is 0 Å². The zero-order valence-corrected chi connectivity index (χ0v) is 22.2. The summed E-state index contributed by atoms with van der Waals surface area (Å²) < 4.78 is 35.8. The molecule has 3 aromatic carbocycles. The third-order valence-electron chi connectivity index (χ3n) is 5.70. The summed E-state index contributed by atoms with van der Waals surface area (Å²) in [7, 11) is 0. The van der Waals surface area contributed by atoms with E-state index in [0.29, 0.717) is 54.8 Å². The molecule has 188 valence electrons. The van der Waals surface area contributed by atoms with Gasteiger partial charge in [0, 0.05) is 45.6 Å². The molecule has 1 N–H and O–H groups in total. The lowest BCUT2D eigenvalue weighted by Gasteiger charge is -2.10. The van der Waals surface area contributed by atoms with Crippen molar-refractivity contribution in [3.05, 3.63) is 98.2 Å². The van der Waals surface area contributed by atoms with Crippen LogP contribution in [0, 0.1) is 11.8 Å². The van der Waals surface area contributed by atoms with Crippen LogP contribution in [0.3, 0.4) is 0 Å². The fraction of sp³-hybridized carbons (Fsp3) is 0.148. The summed E-state index contributed by atoms with van der Waals surface area (Å²) in [6.07, 6.45) is 2.07. The van der Waals surface area contributed by atoms with Gasteiger partial charge >= 0.3 is 0 Å². The van der Waals surface area contributed by atoms with E-state index >= 15 is 0 Å². The molecule has 1 aliphatic carbocycles. The van der Waals surface area contributed by atoms with Gasteiger partial charge in [0.1, 0.15) is 23.8 Å². The van der Waals surface area contributed by atoms with Gasteiger partial charge in [0.2, 0.25) is 0 Å². The van der Waals surface area contributed by atoms with Gasteiger partial charge in [-0.1, -0.05) is 63.9 Å². The van der Waals surface area contributed by atoms with Gasteiger partial charge < -0.3 is 18.5 Å². The Bertz CT molecular complexity index is 1540. The first-order valence-corrected chi connectivity index (χ1v) is 13.4. The van der Waals surface area contributed by atoms with Gasteiger partial charge in [0.05, 0.1) is 20.6 Å². The normalized spacial score (nSPS) is 13.5. The van der Waals surface area contributed by atoms with Crippen LogP contribution in [0.15, 0.2) is 65.2 Å². The number of nitrogens with zero attached hydrogens (tertiary/aromatic N) is 1. The van der Waals surface area contributed by atoms with E-state index in [0.717, 1.165) is 24.2 Å². The Hall–Kier alpha value is -2.99. The van der Waals surface area contributed by atoms with E-state index in [1.54, 1.807) is 60.7 Å². The van der Waals surface area contributed by atoms with Gasteiger partial charge in [0.15, 0.2) is 0 Å². The summed E-state index contributed by atoms with van der Waals surface area (Å²) in [5.41, 5.74) is 3.66. The van der Waals surface area contributed by atoms with Crippen LogP contribution in [0.1, 0.15) is 41.2 Å². The lowest BCUT2D eigenvalue weighted by molar-refractivity contribution is 0.300. The van der Waals surface area contributed by atoms with Crippen molar-refractivity contribution in [1.29, 1.82) is 0 Å². The third-order valence-corrected chi connectivity index (χ3v) is 7.04. The minimum Gasteiger partial charge on any atom is -0.755 e. The highest BCUT2D eigenvalue weighted by Crippen LogP contribution is 2.46. The number of hydrogen-bond donors (Lipinski definition) is 1. The Labute approximate surface area is 231 Å². The second-order valence-electron chi connectivity index (χ2n) is 8.34. The van der Waals surface area contributed by atoms with Crippen LogP contribution in [0.5, 0.6) is 5.75 Å². The summed E-state index contributed by atoms with van der Waals surface area (Å²) >= 11 is 16.9. The van der Waals surface area contributed by atoms with Crippen LogP contribution in [-0.4, -0.2) is 13.9 Å². The molecular weight excluding hydrogens is 555 g/mol. The molecule has 0 saturated heterocycles. The molecule has 0 aliphatic heterocycles. The molecule has 1 aliphatic rings. The molecule has 1 fully saturated rings. The first kappa shape index (κ1) is 25.7. The number of nitrogens with one attached hydrogen (secondary N) is 1. The summed E-state index contributed by atoms with van der Waals surface area (Å²) in [5.74, 6) is 7.65. The lowest BCUT2D eigenvalue weighted by Crippen LogP contribution is -2.01. The van der Waals surface area contributed by atoms with Gasteiger partial charge in [-0.3, -0.25) is 4.21 Å². The zero-order chi connectivity index (χ0) is 25.9. The number of aromatic nitrogens is 1. The van der Waals surface area contributed by atoms with Gasteiger partial charge in [0.25, 0.3) is 0 Å². The number of halogens is 3. The van der Waals surface area contributed by atoms with Crippen molar-refractivity contribution < 1.29 is 18.0 Å². The number of anilines is 1. The second-order valence-corrected chi connectivity index (χ2v) is 10.2. The van der Waals surface area contributed by atoms with Gasteiger partial charge in [-0.05, 0) is 55.3 Å². The number of hydrogen-bond acceptors (Lipinski definition) is 5. The molecule has 4 aromatic rings. The molecule has 1 unspecified atom stereocenters. The molecule has 1 saturated carbocycles. The van der Waals surface area contributed by atoms with Crippen LogP contribution >= 0.6 is 34.8 Å². The number of rotatable bonds is 7. The average molecular weight is 573 g/mol. The van der Waals surface area contributed by atoms with Crippen LogP contribution in [0.25, 0.3) is 11.3 Å². The van der Waals surface area contributed by atoms with Crippen molar-refractivity contribution in [2.75, 3.05) is 4.72 Å². The van der Waals surface area contributed by atoms with Gasteiger partial charge in [-0.2, -0.15) is 0 Å². The monoisotopic (exact) mass is 571 g/mol. The lowest BCUT2D eigenvalue weighted by atomic mass is 10.0. The Kier molecular flexibility index (Phi) is 7.75. The molecule has 1 aromatic heterocycles. The van der Waals surface area contributed by atoms with Crippen LogP contribution < -0.4 is 9.46 Å². The van der Waals surface area contributed by atoms with Crippen molar-refractivity contribution in [2.45, 2.75) is 25.4 Å². The molecule has 0 bridgehead atoms. The molecule has 1 atom stereocenters. The number of benzene rings is 3. The molecule has 10 heteroatoms. The molecule has 1 heterocycles. The van der Waals surface area contributed by atoms with E-state index in [2.05, 4.69) is 21.7 Å². The second kappa shape index (κ2) is 11.2. The fourth-order valence-corrected chi connectivity index (χ4v) is 4.90. The predicted molar refractivity (Wildman–Crippen MR) is 145 cm³/mol. The average Bonchev–Trinajstić information content (AvgIpc) is 3.62. The molecule has 6 nitrogen and oxygen atoms in total. The summed E-state index contributed by atoms with van der Waals surface area (Å²) in [6, 6.07) is 17.3. The largest absolute Gasteiger partial charge is 0.755 e. The quantitative estimate of drug-likeness (QED) is 0.185. The summed E-state index contributed by atoms with van der Waals surface area (Å²) in [6.45, 7) is 0.203. The maximum absolute atomic E-state index is 10.8. The maximum Gasteiger partial charge on any atom is 0.147 e. The van der Waals surface area contributed by atoms with Crippen molar-refractivity contribution >= 4 is 51.8 Å². The first-order chi connectivity index (χ1) is 17.9. The molecule has 0 radical (unpaired) electrons. The maximum atomic E-state index is 10.8. The summed E-state index contributed by atoms with van der Waals surface area (Å²) in [5, 5.41) is 5.67. The van der Waals surface area contributed by atoms with E-state index in [9.17, 15) is 8.76 Å². The van der Waals surface area contributed by atoms with E-state index in [1.807, 2.05) is 0 Å². The van der Waals surface area contributed by atoms with Crippen LogP contribution in [0.4, 0.5) is 5.69 Å². The molecule has 5 rings (SSSR count). The van der Waals surface area contributed by atoms with Gasteiger partial charge in [-0.15, -0.1) is 0 Å². The van der Waals surface area contributed by atoms with Gasteiger partial charge in [-0.25, -0.2) is 0 Å². The van der Waals surface area contributed by atoms with Crippen molar-refractivity contribution in [3.63, 3.8) is 0 Å². The molecular formula is C27H18Cl3N2O4S-. The molecule has 37 heavy (non-hydrogen) atoms. The van der Waals surface area contributed by atoms with E-state index in [-0.39, 0.29) is 6.61 Å². The Balaban J connectivity index is 1.35. The van der Waals surface area contributed by atoms with Crippen LogP contribution in [0.2, 0.25) is 15.1 Å². The first-order valence-electron chi connectivity index (χ1n) is 11.2. The Morgan fingerprint density at radius 3 is 2.49 bits per heavy atom. The topological polar surface area (TPSA) is 87.4 Å². The highest BCUT2D eigenvalue weighted by molar-refractivity contribution is 7.80. The highest BCUT2D eigenvalue weighted by Gasteiger charge is 2.33. The highest BCUT2D eigenvalue weighted by atomic mass is 35.5. The molecule has 0 amide bonds. The Morgan fingerprint density at radius 2 is 1.78 bits per heavy atom. The van der Waals surface area contributed by atoms with Crippen LogP contribution in [-0.2, 0) is 17.9 Å². The van der Waals surface area contributed by atoms with E-state index in [4.69, 9.17) is 44.1 Å². The standard InChI is InChI=1S/C27H19Cl3N2O4S/c28-22-5-2-6-23(29)25(22)26-21(27(36-31-26)18-9-10-18)15-35-20-12-11-17(24(30)14-20)8-7-16-3-1-4-19(13-16)32-37(33)34/h1-6,11-14,18,32H,9-10,15H2,(H,33,34)/p-1. The molecule has 0 spiro atoms. The SMILES string of the molecule is O=S([O-])Nc1cccc(C#Cc2ccc(OCc3c(-c4c(Cl)cccc4Cl)noc3C3CC3)cc2Cl)c1. The predicted octanol–water partition coefficient (Wildman–Crippen LogP) is 7.36. The fourth-order valence-electron chi connectivity index (χ4n) is 3.79. The number of ether oxygens (including phenoxy) is 1.